The van der Waals surface area contributed by atoms with E-state index in [9.17, 15) is 4.79 Å². The predicted molar refractivity (Wildman–Crippen MR) is 68.4 cm³/mol. The fourth-order valence-electron chi connectivity index (χ4n) is 1.17. The summed E-state index contributed by atoms with van der Waals surface area (Å²) >= 11 is 11.3. The standard InChI is InChI=1S/C11H7Cl2N3O2/c12-8-6-9(16-11(13)14-8)15-10(17)4-3-7-2-1-5-18-7/h1-6H,(H,14,15,16,17)/b4-3+. The number of carbonyl (C=O) groups excluding carboxylic acids is 1. The first-order valence-electron chi connectivity index (χ1n) is 4.86. The van der Waals surface area contributed by atoms with Crippen LogP contribution in [0.2, 0.25) is 10.4 Å². The van der Waals surface area contributed by atoms with E-state index in [2.05, 4.69) is 15.3 Å². The molecule has 92 valence electrons. The maximum Gasteiger partial charge on any atom is 0.249 e. The van der Waals surface area contributed by atoms with Gasteiger partial charge in [0, 0.05) is 12.1 Å². The molecule has 0 radical (unpaired) electrons. The number of furan rings is 1. The van der Waals surface area contributed by atoms with E-state index in [0.717, 1.165) is 0 Å². The molecule has 5 nitrogen and oxygen atoms in total. The maximum absolute atomic E-state index is 11.5. The van der Waals surface area contributed by atoms with Crippen molar-refractivity contribution < 1.29 is 9.21 Å². The molecule has 0 aliphatic heterocycles. The van der Waals surface area contributed by atoms with Gasteiger partial charge >= 0.3 is 0 Å². The number of aromatic nitrogens is 2. The molecule has 0 bridgehead atoms. The van der Waals surface area contributed by atoms with Crippen LogP contribution in [0, 0.1) is 0 Å². The fraction of sp³-hybridized carbons (Fsp3) is 0. The summed E-state index contributed by atoms with van der Waals surface area (Å²) in [5, 5.41) is 2.62. The Kier molecular flexibility index (Phi) is 3.96. The van der Waals surface area contributed by atoms with Crippen LogP contribution in [0.15, 0.2) is 35.0 Å². The molecule has 1 amide bonds. The van der Waals surface area contributed by atoms with Gasteiger partial charge in [-0.1, -0.05) is 11.6 Å². The summed E-state index contributed by atoms with van der Waals surface area (Å²) in [6.45, 7) is 0. The van der Waals surface area contributed by atoms with E-state index in [1.165, 1.54) is 24.5 Å². The molecule has 0 atom stereocenters. The SMILES string of the molecule is O=C(/C=C/c1ccco1)Nc1cc(Cl)nc(Cl)n1. The minimum atomic E-state index is -0.378. The molecule has 7 heteroatoms. The van der Waals surface area contributed by atoms with Crippen molar-refractivity contribution in [3.63, 3.8) is 0 Å². The number of carbonyl (C=O) groups is 1. The van der Waals surface area contributed by atoms with Crippen LogP contribution in [0.1, 0.15) is 5.76 Å². The number of hydrogen-bond donors (Lipinski definition) is 1. The Morgan fingerprint density at radius 1 is 1.39 bits per heavy atom. The number of anilines is 1. The lowest BCUT2D eigenvalue weighted by atomic mass is 10.4. The van der Waals surface area contributed by atoms with Crippen molar-refractivity contribution in [3.8, 4) is 0 Å². The van der Waals surface area contributed by atoms with E-state index in [0.29, 0.717) is 5.76 Å². The van der Waals surface area contributed by atoms with Gasteiger partial charge < -0.3 is 9.73 Å². The molecule has 1 N–H and O–H groups in total. The number of rotatable bonds is 3. The number of amides is 1. The van der Waals surface area contributed by atoms with Crippen molar-refractivity contribution >= 4 is 41.0 Å². The lowest BCUT2D eigenvalue weighted by molar-refractivity contribution is -0.111. The van der Waals surface area contributed by atoms with Crippen molar-refractivity contribution in [2.24, 2.45) is 0 Å². The summed E-state index contributed by atoms with van der Waals surface area (Å²) in [5.74, 6) is 0.426. The fourth-order valence-corrected chi connectivity index (χ4v) is 1.57. The van der Waals surface area contributed by atoms with Crippen molar-refractivity contribution in [1.29, 1.82) is 0 Å². The molecule has 0 aliphatic carbocycles. The summed E-state index contributed by atoms with van der Waals surface area (Å²) in [5.41, 5.74) is 0. The second-order valence-corrected chi connectivity index (χ2v) is 3.91. The molecule has 18 heavy (non-hydrogen) atoms. The summed E-state index contributed by atoms with van der Waals surface area (Å²) in [6, 6.07) is 4.84. The molecule has 0 fully saturated rings. The highest BCUT2D eigenvalue weighted by atomic mass is 35.5. The zero-order chi connectivity index (χ0) is 13.0. The average molecular weight is 284 g/mol. The highest BCUT2D eigenvalue weighted by Gasteiger charge is 2.03. The van der Waals surface area contributed by atoms with E-state index >= 15 is 0 Å². The minimum Gasteiger partial charge on any atom is -0.465 e. The van der Waals surface area contributed by atoms with Gasteiger partial charge in [-0.2, -0.15) is 0 Å². The highest BCUT2D eigenvalue weighted by molar-refractivity contribution is 6.32. The summed E-state index contributed by atoms with van der Waals surface area (Å²) < 4.78 is 5.04. The molecule has 2 aromatic heterocycles. The Morgan fingerprint density at radius 2 is 2.22 bits per heavy atom. The third-order valence-electron chi connectivity index (χ3n) is 1.86. The summed E-state index contributed by atoms with van der Waals surface area (Å²) in [6.07, 6.45) is 4.35. The first-order valence-corrected chi connectivity index (χ1v) is 5.62. The molecule has 0 aromatic carbocycles. The second-order valence-electron chi connectivity index (χ2n) is 3.18. The van der Waals surface area contributed by atoms with E-state index < -0.39 is 0 Å². The zero-order valence-electron chi connectivity index (χ0n) is 8.93. The molecular formula is C11H7Cl2N3O2. The van der Waals surface area contributed by atoms with Crippen LogP contribution in [0.3, 0.4) is 0 Å². The molecule has 2 aromatic rings. The van der Waals surface area contributed by atoms with Gasteiger partial charge in [-0.05, 0) is 29.8 Å². The maximum atomic E-state index is 11.5. The van der Waals surface area contributed by atoms with Crippen molar-refractivity contribution in [2.75, 3.05) is 5.32 Å². The smallest absolute Gasteiger partial charge is 0.249 e. The van der Waals surface area contributed by atoms with Crippen LogP contribution in [0.5, 0.6) is 0 Å². The predicted octanol–water partition coefficient (Wildman–Crippen LogP) is 3.03. The van der Waals surface area contributed by atoms with Crippen molar-refractivity contribution in [3.05, 3.63) is 46.7 Å². The van der Waals surface area contributed by atoms with Crippen LogP contribution in [0.4, 0.5) is 5.82 Å². The Hall–Kier alpha value is -1.85. The van der Waals surface area contributed by atoms with E-state index in [4.69, 9.17) is 27.6 Å². The Bertz CT molecular complexity index is 562. The molecule has 0 spiro atoms. The Labute approximate surface area is 112 Å². The Balaban J connectivity index is 2.03. The topological polar surface area (TPSA) is 68.0 Å². The summed E-state index contributed by atoms with van der Waals surface area (Å²) in [7, 11) is 0. The quantitative estimate of drug-likeness (QED) is 0.534. The van der Waals surface area contributed by atoms with Crippen LogP contribution >= 0.6 is 23.2 Å². The monoisotopic (exact) mass is 283 g/mol. The number of halogens is 2. The molecule has 0 aliphatic rings. The van der Waals surface area contributed by atoms with Gasteiger partial charge in [0.05, 0.1) is 6.26 Å². The molecular weight excluding hydrogens is 277 g/mol. The van der Waals surface area contributed by atoms with Crippen molar-refractivity contribution in [2.45, 2.75) is 0 Å². The number of nitrogens with one attached hydrogen (secondary N) is 1. The third kappa shape index (κ3) is 3.58. The molecule has 0 unspecified atom stereocenters. The molecule has 0 saturated carbocycles. The van der Waals surface area contributed by atoms with Gasteiger partial charge in [-0.25, -0.2) is 9.97 Å². The number of hydrogen-bond acceptors (Lipinski definition) is 4. The van der Waals surface area contributed by atoms with Crippen LogP contribution in [-0.4, -0.2) is 15.9 Å². The van der Waals surface area contributed by atoms with Gasteiger partial charge in [0.25, 0.3) is 0 Å². The van der Waals surface area contributed by atoms with E-state index in [1.54, 1.807) is 12.1 Å². The van der Waals surface area contributed by atoms with Gasteiger partial charge in [0.15, 0.2) is 0 Å². The van der Waals surface area contributed by atoms with Gasteiger partial charge in [-0.3, -0.25) is 4.79 Å². The van der Waals surface area contributed by atoms with Crippen molar-refractivity contribution in [1.82, 2.24) is 9.97 Å². The third-order valence-corrected chi connectivity index (χ3v) is 2.22. The second kappa shape index (κ2) is 5.66. The van der Waals surface area contributed by atoms with Gasteiger partial charge in [0.2, 0.25) is 11.2 Å². The lowest BCUT2D eigenvalue weighted by Crippen LogP contribution is -2.09. The molecule has 0 saturated heterocycles. The van der Waals surface area contributed by atoms with Crippen LogP contribution < -0.4 is 5.32 Å². The molecule has 2 rings (SSSR count). The first kappa shape index (κ1) is 12.6. The van der Waals surface area contributed by atoms with Gasteiger partial charge in [0.1, 0.15) is 16.7 Å². The highest BCUT2D eigenvalue weighted by Crippen LogP contribution is 2.14. The normalized spacial score (nSPS) is 10.8. The van der Waals surface area contributed by atoms with E-state index in [-0.39, 0.29) is 22.2 Å². The van der Waals surface area contributed by atoms with Crippen LogP contribution in [-0.2, 0) is 4.79 Å². The minimum absolute atomic E-state index is 0.0344. The zero-order valence-corrected chi connectivity index (χ0v) is 10.4. The van der Waals surface area contributed by atoms with E-state index in [1.807, 2.05) is 0 Å². The number of nitrogens with zero attached hydrogens (tertiary/aromatic N) is 2. The van der Waals surface area contributed by atoms with Gasteiger partial charge in [-0.15, -0.1) is 0 Å². The molecule has 2 heterocycles. The van der Waals surface area contributed by atoms with Crippen LogP contribution in [0.25, 0.3) is 6.08 Å². The average Bonchev–Trinajstić information content (AvgIpc) is 2.77. The largest absolute Gasteiger partial charge is 0.465 e. The first-order chi connectivity index (χ1) is 8.63. The Morgan fingerprint density at radius 3 is 2.89 bits per heavy atom. The lowest BCUT2D eigenvalue weighted by Gasteiger charge is -2.01. The summed E-state index contributed by atoms with van der Waals surface area (Å²) in [4.78, 5) is 19.0.